The first-order valence-electron chi connectivity index (χ1n) is 8.01. The molecule has 0 fully saturated rings. The molecule has 0 aliphatic rings. The van der Waals surface area contributed by atoms with E-state index >= 15 is 0 Å². The largest absolute Gasteiger partial charge is 0.493 e. The smallest absolute Gasteiger partial charge is 0.175 e. The van der Waals surface area contributed by atoms with Crippen molar-refractivity contribution < 1.29 is 9.47 Å². The molecule has 0 saturated carbocycles. The summed E-state index contributed by atoms with van der Waals surface area (Å²) in [5.41, 5.74) is 2.08. The van der Waals surface area contributed by atoms with Gasteiger partial charge in [0.1, 0.15) is 6.61 Å². The van der Waals surface area contributed by atoms with Crippen molar-refractivity contribution in [3.63, 3.8) is 0 Å². The summed E-state index contributed by atoms with van der Waals surface area (Å²) in [6.07, 6.45) is 1.09. The maximum atomic E-state index is 6.18. The fraction of sp³-hybridized carbons (Fsp3) is 0.368. The van der Waals surface area contributed by atoms with Gasteiger partial charge in [0.25, 0.3) is 0 Å². The molecule has 0 spiro atoms. The summed E-state index contributed by atoms with van der Waals surface area (Å²) in [6.45, 7) is 5.51. The van der Waals surface area contributed by atoms with Crippen LogP contribution in [0.15, 0.2) is 40.9 Å². The minimum atomic E-state index is 0. The summed E-state index contributed by atoms with van der Waals surface area (Å²) in [6, 6.07) is 12.2. The quantitative estimate of drug-likeness (QED) is 0.537. The number of hydrogen-bond acceptors (Lipinski definition) is 3. The van der Waals surface area contributed by atoms with Crippen molar-refractivity contribution in [3.05, 3.63) is 57.0 Å². The molecule has 1 unspecified atom stereocenters. The molecule has 0 heterocycles. The van der Waals surface area contributed by atoms with Crippen LogP contribution in [0.4, 0.5) is 0 Å². The van der Waals surface area contributed by atoms with E-state index < -0.39 is 0 Å². The molecule has 0 aliphatic heterocycles. The second kappa shape index (κ2) is 10.9. The number of ether oxygens (including phenoxy) is 2. The fourth-order valence-corrected chi connectivity index (χ4v) is 3.01. The number of methoxy groups -OCH3 is 1. The second-order valence-electron chi connectivity index (χ2n) is 5.68. The normalized spacial score (nSPS) is 11.6. The molecule has 0 aliphatic carbocycles. The third-order valence-corrected chi connectivity index (χ3v) is 4.84. The van der Waals surface area contributed by atoms with E-state index in [9.17, 15) is 0 Å². The zero-order valence-corrected chi connectivity index (χ0v) is 17.8. The molecule has 0 saturated heterocycles. The summed E-state index contributed by atoms with van der Waals surface area (Å²) in [4.78, 5) is 0. The van der Waals surface area contributed by atoms with Gasteiger partial charge in [-0.3, -0.25) is 0 Å². The minimum absolute atomic E-state index is 0. The Morgan fingerprint density at radius 3 is 2.60 bits per heavy atom. The van der Waals surface area contributed by atoms with Crippen LogP contribution in [-0.2, 0) is 13.2 Å². The van der Waals surface area contributed by atoms with Crippen molar-refractivity contribution >= 4 is 39.9 Å². The van der Waals surface area contributed by atoms with Gasteiger partial charge in [-0.15, -0.1) is 12.4 Å². The van der Waals surface area contributed by atoms with Crippen molar-refractivity contribution in [2.75, 3.05) is 7.11 Å². The van der Waals surface area contributed by atoms with Gasteiger partial charge in [-0.1, -0.05) is 36.7 Å². The van der Waals surface area contributed by atoms with Crippen LogP contribution in [0.5, 0.6) is 11.5 Å². The van der Waals surface area contributed by atoms with Crippen molar-refractivity contribution in [2.45, 2.75) is 39.5 Å². The fourth-order valence-electron chi connectivity index (χ4n) is 2.22. The molecule has 3 nitrogen and oxygen atoms in total. The highest BCUT2D eigenvalue weighted by molar-refractivity contribution is 9.10. The average Bonchev–Trinajstić information content (AvgIpc) is 2.59. The molecule has 2 rings (SSSR count). The van der Waals surface area contributed by atoms with Crippen LogP contribution in [0.3, 0.4) is 0 Å². The Morgan fingerprint density at radius 1 is 1.24 bits per heavy atom. The third kappa shape index (κ3) is 6.37. The van der Waals surface area contributed by atoms with Crippen LogP contribution in [0, 0.1) is 0 Å². The summed E-state index contributed by atoms with van der Waals surface area (Å²) in [7, 11) is 1.65. The maximum absolute atomic E-state index is 6.18. The van der Waals surface area contributed by atoms with Crippen LogP contribution < -0.4 is 14.8 Å². The number of halogens is 3. The van der Waals surface area contributed by atoms with Crippen molar-refractivity contribution in [3.8, 4) is 11.5 Å². The molecular formula is C19H24BrCl2NO2. The monoisotopic (exact) mass is 447 g/mol. The number of benzene rings is 2. The topological polar surface area (TPSA) is 30.5 Å². The highest BCUT2D eigenvalue weighted by Crippen LogP contribution is 2.37. The zero-order chi connectivity index (χ0) is 17.5. The van der Waals surface area contributed by atoms with Gasteiger partial charge in [0.05, 0.1) is 11.6 Å². The van der Waals surface area contributed by atoms with Crippen LogP contribution in [-0.4, -0.2) is 13.2 Å². The Labute approximate surface area is 169 Å². The number of nitrogens with one attached hydrogen (secondary N) is 1. The lowest BCUT2D eigenvalue weighted by Gasteiger charge is -2.16. The molecule has 25 heavy (non-hydrogen) atoms. The van der Waals surface area contributed by atoms with E-state index in [1.807, 2.05) is 30.3 Å². The van der Waals surface area contributed by atoms with Gasteiger partial charge < -0.3 is 14.8 Å². The predicted octanol–water partition coefficient (Wildman–Crippen LogP) is 6.00. The van der Waals surface area contributed by atoms with Crippen molar-refractivity contribution in [1.82, 2.24) is 5.32 Å². The molecule has 0 radical (unpaired) electrons. The lowest BCUT2D eigenvalue weighted by molar-refractivity contribution is 0.282. The number of hydrogen-bond donors (Lipinski definition) is 1. The van der Waals surface area contributed by atoms with E-state index in [2.05, 4.69) is 41.2 Å². The average molecular weight is 449 g/mol. The van der Waals surface area contributed by atoms with Crippen molar-refractivity contribution in [1.29, 1.82) is 0 Å². The van der Waals surface area contributed by atoms with E-state index in [1.165, 1.54) is 0 Å². The van der Waals surface area contributed by atoms with Gasteiger partial charge in [-0.25, -0.2) is 0 Å². The van der Waals surface area contributed by atoms with Crippen molar-refractivity contribution in [2.24, 2.45) is 0 Å². The highest BCUT2D eigenvalue weighted by atomic mass is 79.9. The number of rotatable bonds is 8. The molecule has 2 aromatic rings. The molecule has 0 aromatic heterocycles. The highest BCUT2D eigenvalue weighted by Gasteiger charge is 2.13. The van der Waals surface area contributed by atoms with E-state index in [-0.39, 0.29) is 12.4 Å². The first-order valence-corrected chi connectivity index (χ1v) is 9.18. The van der Waals surface area contributed by atoms with E-state index in [4.69, 9.17) is 21.1 Å². The maximum Gasteiger partial charge on any atom is 0.175 e. The van der Waals surface area contributed by atoms with Crippen LogP contribution in [0.25, 0.3) is 0 Å². The lowest BCUT2D eigenvalue weighted by atomic mass is 10.1. The van der Waals surface area contributed by atoms with Gasteiger partial charge in [-0.2, -0.15) is 0 Å². The van der Waals surface area contributed by atoms with E-state index in [0.29, 0.717) is 29.2 Å². The standard InChI is InChI=1S/C19H23BrClNO2.ClH/c1-4-13(2)22-11-14-9-16(20)19(18(10-14)23-3)24-12-15-7-5-6-8-17(15)21;/h5-10,13,22H,4,11-12H2,1-3H3;1H. The molecule has 6 heteroatoms. The van der Waals surface area contributed by atoms with Crippen LogP contribution >= 0.6 is 39.9 Å². The predicted molar refractivity (Wildman–Crippen MR) is 110 cm³/mol. The van der Waals surface area contributed by atoms with E-state index in [1.54, 1.807) is 7.11 Å². The summed E-state index contributed by atoms with van der Waals surface area (Å²) < 4.78 is 12.3. The van der Waals surface area contributed by atoms with Gasteiger partial charge in [-0.05, 0) is 53.0 Å². The summed E-state index contributed by atoms with van der Waals surface area (Å²) >= 11 is 9.77. The van der Waals surface area contributed by atoms with Gasteiger partial charge in [0, 0.05) is 23.2 Å². The Balaban J connectivity index is 0.00000312. The van der Waals surface area contributed by atoms with Gasteiger partial charge in [0.2, 0.25) is 0 Å². The lowest BCUT2D eigenvalue weighted by Crippen LogP contribution is -2.24. The first kappa shape index (κ1) is 22.1. The SMILES string of the molecule is CCC(C)NCc1cc(Br)c(OCc2ccccc2Cl)c(OC)c1.Cl. The molecule has 138 valence electrons. The Bertz CT molecular complexity index is 682. The molecule has 0 bridgehead atoms. The summed E-state index contributed by atoms with van der Waals surface area (Å²) in [5.74, 6) is 1.39. The Hall–Kier alpha value is -0.940. The molecule has 1 atom stereocenters. The third-order valence-electron chi connectivity index (χ3n) is 3.89. The minimum Gasteiger partial charge on any atom is -0.493 e. The second-order valence-corrected chi connectivity index (χ2v) is 6.94. The first-order chi connectivity index (χ1) is 11.5. The van der Waals surface area contributed by atoms with Crippen LogP contribution in [0.1, 0.15) is 31.4 Å². The molecule has 2 aromatic carbocycles. The Kier molecular flexibility index (Phi) is 9.65. The zero-order valence-electron chi connectivity index (χ0n) is 14.6. The van der Waals surface area contributed by atoms with Gasteiger partial charge >= 0.3 is 0 Å². The Morgan fingerprint density at radius 2 is 1.96 bits per heavy atom. The van der Waals surface area contributed by atoms with Crippen LogP contribution in [0.2, 0.25) is 5.02 Å². The molecule has 0 amide bonds. The molecule has 1 N–H and O–H groups in total. The van der Waals surface area contributed by atoms with E-state index in [0.717, 1.165) is 28.6 Å². The summed E-state index contributed by atoms with van der Waals surface area (Å²) in [5, 5.41) is 4.17. The van der Waals surface area contributed by atoms with Gasteiger partial charge in [0.15, 0.2) is 11.5 Å². The molecular weight excluding hydrogens is 425 g/mol.